The van der Waals surface area contributed by atoms with Crippen LogP contribution in [0, 0.1) is 0 Å². The van der Waals surface area contributed by atoms with Crippen molar-refractivity contribution in [2.45, 2.75) is 45.6 Å². The van der Waals surface area contributed by atoms with E-state index in [2.05, 4.69) is 10.4 Å². The first-order valence-corrected chi connectivity index (χ1v) is 6.94. The van der Waals surface area contributed by atoms with Crippen LogP contribution in [0.2, 0.25) is 5.15 Å². The third-order valence-corrected chi connectivity index (χ3v) is 3.52. The molecule has 1 aromatic rings. The van der Waals surface area contributed by atoms with Gasteiger partial charge in [-0.15, -0.1) is 0 Å². The van der Waals surface area contributed by atoms with Crippen LogP contribution in [0.15, 0.2) is 0 Å². The number of nitrogens with zero attached hydrogens (tertiary/aromatic N) is 2. The van der Waals surface area contributed by atoms with E-state index in [1.807, 2.05) is 20.8 Å². The van der Waals surface area contributed by atoms with E-state index in [9.17, 15) is 4.79 Å². The van der Waals surface area contributed by atoms with Crippen LogP contribution in [0.1, 0.15) is 55.6 Å². The van der Waals surface area contributed by atoms with Gasteiger partial charge < -0.3 is 10.4 Å². The molecule has 1 heterocycles. The van der Waals surface area contributed by atoms with Crippen LogP contribution in [-0.2, 0) is 7.05 Å². The highest BCUT2D eigenvalue weighted by atomic mass is 35.5. The van der Waals surface area contributed by atoms with Crippen molar-refractivity contribution in [3.8, 4) is 0 Å². The van der Waals surface area contributed by atoms with Crippen molar-refractivity contribution in [2.75, 3.05) is 6.61 Å². The predicted molar refractivity (Wildman–Crippen MR) is 75.6 cm³/mol. The van der Waals surface area contributed by atoms with E-state index in [-0.39, 0.29) is 24.5 Å². The number of amides is 1. The zero-order valence-electron chi connectivity index (χ0n) is 11.9. The molecule has 1 rings (SSSR count). The van der Waals surface area contributed by atoms with Gasteiger partial charge >= 0.3 is 0 Å². The summed E-state index contributed by atoms with van der Waals surface area (Å²) >= 11 is 6.15. The SMILES string of the molecule is CCC(CCO)NC(=O)c1c(C(C)C)nn(C)c1Cl. The van der Waals surface area contributed by atoms with E-state index in [4.69, 9.17) is 16.7 Å². The Labute approximate surface area is 118 Å². The van der Waals surface area contributed by atoms with Crippen LogP contribution in [0.4, 0.5) is 0 Å². The van der Waals surface area contributed by atoms with Gasteiger partial charge in [-0.2, -0.15) is 5.10 Å². The van der Waals surface area contributed by atoms with Gasteiger partial charge in [0.2, 0.25) is 0 Å². The molecule has 0 aliphatic carbocycles. The Morgan fingerprint density at radius 2 is 2.16 bits per heavy atom. The van der Waals surface area contributed by atoms with E-state index in [0.29, 0.717) is 22.8 Å². The summed E-state index contributed by atoms with van der Waals surface area (Å²) in [4.78, 5) is 12.3. The van der Waals surface area contributed by atoms with Gasteiger partial charge in [0.25, 0.3) is 5.91 Å². The number of halogens is 1. The molecule has 0 radical (unpaired) electrons. The van der Waals surface area contributed by atoms with Gasteiger partial charge in [-0.3, -0.25) is 9.48 Å². The molecule has 0 aromatic carbocycles. The molecule has 0 saturated carbocycles. The Morgan fingerprint density at radius 3 is 2.63 bits per heavy atom. The highest BCUT2D eigenvalue weighted by Gasteiger charge is 2.24. The summed E-state index contributed by atoms with van der Waals surface area (Å²) in [5.41, 5.74) is 1.14. The second kappa shape index (κ2) is 6.91. The molecule has 0 spiro atoms. The molecular formula is C13H22ClN3O2. The Morgan fingerprint density at radius 1 is 1.53 bits per heavy atom. The maximum absolute atomic E-state index is 12.3. The zero-order chi connectivity index (χ0) is 14.6. The third-order valence-electron chi connectivity index (χ3n) is 3.08. The van der Waals surface area contributed by atoms with Crippen LogP contribution in [-0.4, -0.2) is 33.4 Å². The van der Waals surface area contributed by atoms with E-state index >= 15 is 0 Å². The number of hydrogen-bond acceptors (Lipinski definition) is 3. The van der Waals surface area contributed by atoms with E-state index in [1.54, 1.807) is 7.05 Å². The molecule has 6 heteroatoms. The topological polar surface area (TPSA) is 67.2 Å². The summed E-state index contributed by atoms with van der Waals surface area (Å²) in [5, 5.41) is 16.5. The Kier molecular flexibility index (Phi) is 5.82. The normalized spacial score (nSPS) is 12.8. The van der Waals surface area contributed by atoms with Crippen LogP contribution >= 0.6 is 11.6 Å². The number of aliphatic hydroxyl groups is 1. The minimum Gasteiger partial charge on any atom is -0.396 e. The smallest absolute Gasteiger partial charge is 0.256 e. The number of carbonyl (C=O) groups excluding carboxylic acids is 1. The zero-order valence-corrected chi connectivity index (χ0v) is 12.7. The lowest BCUT2D eigenvalue weighted by atomic mass is 10.0. The van der Waals surface area contributed by atoms with Gasteiger partial charge in [-0.1, -0.05) is 32.4 Å². The maximum atomic E-state index is 12.3. The van der Waals surface area contributed by atoms with Crippen LogP contribution in [0.25, 0.3) is 0 Å². The largest absolute Gasteiger partial charge is 0.396 e. The summed E-state index contributed by atoms with van der Waals surface area (Å²) in [5.74, 6) is -0.0977. The molecule has 19 heavy (non-hydrogen) atoms. The van der Waals surface area contributed by atoms with Crippen LogP contribution in [0.3, 0.4) is 0 Å². The van der Waals surface area contributed by atoms with E-state index in [1.165, 1.54) is 4.68 Å². The van der Waals surface area contributed by atoms with Crippen molar-refractivity contribution in [3.63, 3.8) is 0 Å². The van der Waals surface area contributed by atoms with Gasteiger partial charge in [0.1, 0.15) is 5.15 Å². The molecule has 0 saturated heterocycles. The number of aryl methyl sites for hydroxylation is 1. The van der Waals surface area contributed by atoms with Gasteiger partial charge in [0.15, 0.2) is 0 Å². The molecule has 1 aromatic heterocycles. The number of aliphatic hydroxyl groups excluding tert-OH is 1. The summed E-state index contributed by atoms with van der Waals surface area (Å²) in [6, 6.07) is -0.0474. The Balaban J connectivity index is 2.98. The molecule has 2 N–H and O–H groups in total. The number of carbonyl (C=O) groups is 1. The summed E-state index contributed by atoms with van der Waals surface area (Å²) in [6.45, 7) is 5.96. The minimum atomic E-state index is -0.220. The fourth-order valence-electron chi connectivity index (χ4n) is 1.93. The molecule has 0 fully saturated rings. The van der Waals surface area contributed by atoms with Crippen LogP contribution in [0.5, 0.6) is 0 Å². The number of nitrogens with one attached hydrogen (secondary N) is 1. The highest BCUT2D eigenvalue weighted by molar-refractivity contribution is 6.33. The quantitative estimate of drug-likeness (QED) is 0.842. The maximum Gasteiger partial charge on any atom is 0.256 e. The molecule has 1 atom stereocenters. The van der Waals surface area contributed by atoms with E-state index in [0.717, 1.165) is 6.42 Å². The number of rotatable bonds is 6. The van der Waals surface area contributed by atoms with Gasteiger partial charge in [-0.05, 0) is 18.8 Å². The predicted octanol–water partition coefficient (Wildman–Crippen LogP) is 2.09. The molecular weight excluding hydrogens is 266 g/mol. The monoisotopic (exact) mass is 287 g/mol. The van der Waals surface area contributed by atoms with Crippen molar-refractivity contribution in [2.24, 2.45) is 7.05 Å². The lowest BCUT2D eigenvalue weighted by Crippen LogP contribution is -2.35. The van der Waals surface area contributed by atoms with Crippen molar-refractivity contribution in [3.05, 3.63) is 16.4 Å². The summed E-state index contributed by atoms with van der Waals surface area (Å²) in [7, 11) is 1.72. The van der Waals surface area contributed by atoms with Crippen molar-refractivity contribution in [1.82, 2.24) is 15.1 Å². The average Bonchev–Trinajstić information content (AvgIpc) is 2.65. The van der Waals surface area contributed by atoms with Crippen LogP contribution < -0.4 is 5.32 Å². The Bertz CT molecular complexity index is 443. The molecule has 1 unspecified atom stereocenters. The fourth-order valence-corrected chi connectivity index (χ4v) is 2.15. The van der Waals surface area contributed by atoms with Gasteiger partial charge in [-0.25, -0.2) is 0 Å². The number of aromatic nitrogens is 2. The molecule has 0 bridgehead atoms. The molecule has 108 valence electrons. The lowest BCUT2D eigenvalue weighted by Gasteiger charge is -2.16. The molecule has 0 aliphatic rings. The highest BCUT2D eigenvalue weighted by Crippen LogP contribution is 2.25. The van der Waals surface area contributed by atoms with Gasteiger partial charge in [0, 0.05) is 19.7 Å². The second-order valence-electron chi connectivity index (χ2n) is 4.92. The first kappa shape index (κ1) is 16.0. The summed E-state index contributed by atoms with van der Waals surface area (Å²) in [6.07, 6.45) is 1.30. The first-order valence-electron chi connectivity index (χ1n) is 6.56. The molecule has 1 amide bonds. The second-order valence-corrected chi connectivity index (χ2v) is 5.28. The van der Waals surface area contributed by atoms with Crippen molar-refractivity contribution in [1.29, 1.82) is 0 Å². The minimum absolute atomic E-state index is 0.0474. The van der Waals surface area contributed by atoms with Gasteiger partial charge in [0.05, 0.1) is 11.3 Å². The van der Waals surface area contributed by atoms with Crippen molar-refractivity contribution >= 4 is 17.5 Å². The standard InChI is InChI=1S/C13H22ClN3O2/c1-5-9(6-7-18)15-13(19)10-11(8(2)3)16-17(4)12(10)14/h8-9,18H,5-7H2,1-4H3,(H,15,19). The Hall–Kier alpha value is -1.07. The molecule has 5 nitrogen and oxygen atoms in total. The van der Waals surface area contributed by atoms with E-state index < -0.39 is 0 Å². The summed E-state index contributed by atoms with van der Waals surface area (Å²) < 4.78 is 1.51. The fraction of sp³-hybridized carbons (Fsp3) is 0.692. The molecule has 0 aliphatic heterocycles. The lowest BCUT2D eigenvalue weighted by molar-refractivity contribution is 0.0928. The first-order chi connectivity index (χ1) is 8.92. The number of hydrogen-bond donors (Lipinski definition) is 2. The van der Waals surface area contributed by atoms with Crippen molar-refractivity contribution < 1.29 is 9.90 Å². The average molecular weight is 288 g/mol. The third kappa shape index (κ3) is 3.70.